The van der Waals surface area contributed by atoms with Gasteiger partial charge in [0, 0.05) is 18.8 Å². The molecule has 0 aliphatic rings. The third-order valence-electron chi connectivity index (χ3n) is 5.55. The van der Waals surface area contributed by atoms with Crippen molar-refractivity contribution in [1.82, 2.24) is 29.7 Å². The molecule has 1 aromatic carbocycles. The number of hydrogen-bond donors (Lipinski definition) is 1. The normalized spacial score (nSPS) is 13.8. The van der Waals surface area contributed by atoms with Crippen molar-refractivity contribution in [3.05, 3.63) is 74.7 Å². The van der Waals surface area contributed by atoms with Gasteiger partial charge in [-0.15, -0.1) is 0 Å². The van der Waals surface area contributed by atoms with Crippen molar-refractivity contribution in [2.24, 2.45) is 0 Å². The quantitative estimate of drug-likeness (QED) is 0.326. The number of benzene rings is 1. The molecule has 17 heteroatoms. The minimum absolute atomic E-state index is 0.0743. The number of hydrogen-bond acceptors (Lipinski definition) is 7. The van der Waals surface area contributed by atoms with Gasteiger partial charge in [-0.3, -0.25) is 14.2 Å². The van der Waals surface area contributed by atoms with Crippen LogP contribution in [0.3, 0.4) is 0 Å². The highest BCUT2D eigenvalue weighted by Gasteiger charge is 2.38. The third-order valence-corrected chi connectivity index (χ3v) is 5.55. The summed E-state index contributed by atoms with van der Waals surface area (Å²) in [5, 5.41) is 4.61. The number of ether oxygens (including phenoxy) is 1. The van der Waals surface area contributed by atoms with Crippen molar-refractivity contribution < 1.29 is 39.9 Å². The molecule has 2 atom stereocenters. The Labute approximate surface area is 217 Å². The van der Waals surface area contributed by atoms with Gasteiger partial charge in [0.2, 0.25) is 0 Å². The van der Waals surface area contributed by atoms with E-state index < -0.39 is 71.4 Å². The molecule has 4 rings (SSSR count). The fourth-order valence-electron chi connectivity index (χ4n) is 3.75. The molecule has 0 unspecified atom stereocenters. The molecule has 1 N–H and O–H groups in total. The Hall–Kier alpha value is -4.44. The standard InChI is InChI=1S/C23H16F8N6O3/c1-10(40-17-7-35-36-20(38)18(17)23(29,30)31)2-12(24)8-37-9-34-16-4-13(15(25)3-14(16)21(37)39)19-32-5-11(6-33-19)22(26,27)28/h3-7,9-10,12H,2,8H2,1H3,(H,36,38)/t10-,12+/m1/s1. The van der Waals surface area contributed by atoms with Crippen molar-refractivity contribution in [3.63, 3.8) is 0 Å². The molecule has 0 aliphatic heterocycles. The predicted octanol–water partition coefficient (Wildman–Crippen LogP) is 4.31. The van der Waals surface area contributed by atoms with Crippen LogP contribution in [0.2, 0.25) is 0 Å². The summed E-state index contributed by atoms with van der Waals surface area (Å²) in [6, 6.07) is 1.81. The van der Waals surface area contributed by atoms with Crippen LogP contribution in [-0.2, 0) is 18.9 Å². The molecule has 9 nitrogen and oxygen atoms in total. The highest BCUT2D eigenvalue weighted by atomic mass is 19.4. The number of rotatable bonds is 7. The Morgan fingerprint density at radius 3 is 2.30 bits per heavy atom. The summed E-state index contributed by atoms with van der Waals surface area (Å²) in [5.74, 6) is -2.33. The van der Waals surface area contributed by atoms with Gasteiger partial charge >= 0.3 is 12.4 Å². The second-order valence-electron chi connectivity index (χ2n) is 8.54. The van der Waals surface area contributed by atoms with E-state index in [-0.39, 0.29) is 22.3 Å². The van der Waals surface area contributed by atoms with Gasteiger partial charge in [-0.1, -0.05) is 0 Å². The molecular weight excluding hydrogens is 560 g/mol. The highest BCUT2D eigenvalue weighted by Crippen LogP contribution is 2.33. The van der Waals surface area contributed by atoms with Crippen molar-refractivity contribution in [1.29, 1.82) is 0 Å². The second kappa shape index (κ2) is 10.6. The number of H-pyrrole nitrogens is 1. The summed E-state index contributed by atoms with van der Waals surface area (Å²) >= 11 is 0. The van der Waals surface area contributed by atoms with E-state index in [0.717, 1.165) is 23.0 Å². The van der Waals surface area contributed by atoms with E-state index in [4.69, 9.17) is 4.74 Å². The first-order valence-corrected chi connectivity index (χ1v) is 11.2. The number of nitrogens with one attached hydrogen (secondary N) is 1. The van der Waals surface area contributed by atoms with E-state index in [1.54, 1.807) is 5.10 Å². The monoisotopic (exact) mass is 576 g/mol. The molecule has 0 spiro atoms. The Kier molecular flexibility index (Phi) is 7.58. The van der Waals surface area contributed by atoms with Crippen LogP contribution in [0.4, 0.5) is 35.1 Å². The van der Waals surface area contributed by atoms with Crippen LogP contribution in [0.25, 0.3) is 22.3 Å². The van der Waals surface area contributed by atoms with Gasteiger partial charge in [-0.2, -0.15) is 31.4 Å². The molecule has 3 heterocycles. The SMILES string of the molecule is C[C@H](C[C@H](F)Cn1cnc2cc(-c3ncc(C(F)(F)F)cn3)c(F)cc2c1=O)Oc1cn[nH]c(=O)c1C(F)(F)F. The number of alkyl halides is 7. The molecule has 0 aliphatic carbocycles. The summed E-state index contributed by atoms with van der Waals surface area (Å²) in [7, 11) is 0. The van der Waals surface area contributed by atoms with Crippen LogP contribution in [0.5, 0.6) is 5.75 Å². The summed E-state index contributed by atoms with van der Waals surface area (Å²) in [4.78, 5) is 35.4. The molecule has 0 bridgehead atoms. The zero-order valence-corrected chi connectivity index (χ0v) is 20.0. The van der Waals surface area contributed by atoms with Gasteiger partial charge < -0.3 is 4.74 Å². The molecule has 40 heavy (non-hydrogen) atoms. The lowest BCUT2D eigenvalue weighted by molar-refractivity contribution is -0.140. The van der Waals surface area contributed by atoms with Crippen LogP contribution in [-0.4, -0.2) is 42.0 Å². The summed E-state index contributed by atoms with van der Waals surface area (Å²) in [5.41, 5.74) is -5.58. The molecule has 0 fully saturated rings. The lowest BCUT2D eigenvalue weighted by Gasteiger charge is -2.19. The lowest BCUT2D eigenvalue weighted by atomic mass is 10.1. The van der Waals surface area contributed by atoms with Crippen LogP contribution in [0.15, 0.2) is 46.6 Å². The number of aromatic amines is 1. The molecule has 0 saturated carbocycles. The van der Waals surface area contributed by atoms with Crippen molar-refractivity contribution in [3.8, 4) is 17.1 Å². The van der Waals surface area contributed by atoms with Crippen LogP contribution in [0.1, 0.15) is 24.5 Å². The summed E-state index contributed by atoms with van der Waals surface area (Å²) < 4.78 is 113. The van der Waals surface area contributed by atoms with E-state index in [1.165, 1.54) is 6.92 Å². The second-order valence-corrected chi connectivity index (χ2v) is 8.54. The zero-order chi connectivity index (χ0) is 29.4. The van der Waals surface area contributed by atoms with E-state index in [0.29, 0.717) is 18.6 Å². The fraction of sp³-hybridized carbons (Fsp3) is 0.304. The molecular formula is C23H16F8N6O3. The first-order valence-electron chi connectivity index (χ1n) is 11.2. The Bertz CT molecular complexity index is 1650. The van der Waals surface area contributed by atoms with Crippen LogP contribution < -0.4 is 15.9 Å². The predicted molar refractivity (Wildman–Crippen MR) is 121 cm³/mol. The maximum absolute atomic E-state index is 14.8. The zero-order valence-electron chi connectivity index (χ0n) is 20.0. The van der Waals surface area contributed by atoms with Gasteiger partial charge in [0.1, 0.15) is 12.0 Å². The summed E-state index contributed by atoms with van der Waals surface area (Å²) in [6.45, 7) is 0.621. The van der Waals surface area contributed by atoms with Crippen LogP contribution in [0, 0.1) is 5.82 Å². The largest absolute Gasteiger partial charge is 0.488 e. The third kappa shape index (κ3) is 6.07. The van der Waals surface area contributed by atoms with Gasteiger partial charge in [0.25, 0.3) is 11.1 Å². The van der Waals surface area contributed by atoms with Crippen molar-refractivity contribution >= 4 is 10.9 Å². The van der Waals surface area contributed by atoms with E-state index in [2.05, 4.69) is 20.1 Å². The minimum atomic E-state index is -5.06. The molecule has 0 amide bonds. The lowest BCUT2D eigenvalue weighted by Crippen LogP contribution is -2.29. The molecule has 212 valence electrons. The molecule has 0 saturated heterocycles. The summed E-state index contributed by atoms with van der Waals surface area (Å²) in [6.07, 6.45) is -10.8. The average Bonchev–Trinajstić information content (AvgIpc) is 2.84. The Morgan fingerprint density at radius 2 is 1.68 bits per heavy atom. The topological polar surface area (TPSA) is 116 Å². The molecule has 4 aromatic rings. The van der Waals surface area contributed by atoms with Crippen LogP contribution >= 0.6 is 0 Å². The van der Waals surface area contributed by atoms with E-state index in [1.807, 2.05) is 0 Å². The Balaban J connectivity index is 1.51. The number of nitrogens with zero attached hydrogens (tertiary/aromatic N) is 5. The number of halogens is 8. The Morgan fingerprint density at radius 1 is 1.00 bits per heavy atom. The van der Waals surface area contributed by atoms with Crippen molar-refractivity contribution in [2.45, 2.75) is 44.5 Å². The highest BCUT2D eigenvalue weighted by molar-refractivity contribution is 5.82. The van der Waals surface area contributed by atoms with Gasteiger partial charge in [0.05, 0.1) is 47.2 Å². The van der Waals surface area contributed by atoms with Gasteiger partial charge in [0.15, 0.2) is 17.1 Å². The minimum Gasteiger partial charge on any atom is -0.488 e. The maximum atomic E-state index is 14.8. The fourth-order valence-corrected chi connectivity index (χ4v) is 3.75. The van der Waals surface area contributed by atoms with Gasteiger partial charge in [-0.05, 0) is 19.1 Å². The molecule has 0 radical (unpaired) electrons. The first-order chi connectivity index (χ1) is 18.6. The van der Waals surface area contributed by atoms with E-state index >= 15 is 0 Å². The van der Waals surface area contributed by atoms with Crippen molar-refractivity contribution in [2.75, 3.05) is 0 Å². The molecule has 3 aromatic heterocycles. The number of aromatic nitrogens is 6. The number of fused-ring (bicyclic) bond motifs is 1. The average molecular weight is 576 g/mol. The van der Waals surface area contributed by atoms with Gasteiger partial charge in [-0.25, -0.2) is 28.8 Å². The smallest absolute Gasteiger partial charge is 0.425 e. The first kappa shape index (κ1) is 28.6. The van der Waals surface area contributed by atoms with E-state index in [9.17, 15) is 44.7 Å². The maximum Gasteiger partial charge on any atom is 0.425 e.